The summed E-state index contributed by atoms with van der Waals surface area (Å²) >= 11 is 0. The van der Waals surface area contributed by atoms with Crippen LogP contribution in [0.15, 0.2) is 12.1 Å². The third-order valence-corrected chi connectivity index (χ3v) is 2.10. The standard InChI is InChI=1S/C9H8FNO2/c10-9-5-1-4-8(13)11-6(5)2-3-7(9)12/h2-3,12H,1,4H2,(H,11,13). The monoisotopic (exact) mass is 181 g/mol. The molecule has 68 valence electrons. The second kappa shape index (κ2) is 2.73. The predicted molar refractivity (Wildman–Crippen MR) is 45.0 cm³/mol. The number of benzene rings is 1. The van der Waals surface area contributed by atoms with Crippen molar-refractivity contribution < 1.29 is 14.3 Å². The van der Waals surface area contributed by atoms with Crippen molar-refractivity contribution in [3.63, 3.8) is 0 Å². The first-order valence-electron chi connectivity index (χ1n) is 3.98. The average molecular weight is 181 g/mol. The van der Waals surface area contributed by atoms with Crippen LogP contribution in [0, 0.1) is 5.82 Å². The molecule has 0 unspecified atom stereocenters. The molecule has 1 aromatic rings. The molecule has 1 amide bonds. The van der Waals surface area contributed by atoms with Crippen LogP contribution in [0.2, 0.25) is 0 Å². The van der Waals surface area contributed by atoms with Gasteiger partial charge in [0, 0.05) is 17.7 Å². The summed E-state index contributed by atoms with van der Waals surface area (Å²) in [6.07, 6.45) is 0.620. The molecule has 2 N–H and O–H groups in total. The van der Waals surface area contributed by atoms with Gasteiger partial charge in [-0.2, -0.15) is 0 Å². The summed E-state index contributed by atoms with van der Waals surface area (Å²) < 4.78 is 13.2. The Bertz CT molecular complexity index is 376. The fourth-order valence-corrected chi connectivity index (χ4v) is 1.42. The van der Waals surface area contributed by atoms with E-state index in [2.05, 4.69) is 5.32 Å². The summed E-state index contributed by atoms with van der Waals surface area (Å²) in [6.45, 7) is 0. The Morgan fingerprint density at radius 1 is 1.38 bits per heavy atom. The van der Waals surface area contributed by atoms with Crippen molar-refractivity contribution in [1.82, 2.24) is 0 Å². The molecule has 0 saturated heterocycles. The van der Waals surface area contributed by atoms with Crippen LogP contribution in [0.25, 0.3) is 0 Å². The normalized spacial score (nSPS) is 15.0. The highest BCUT2D eigenvalue weighted by Gasteiger charge is 2.19. The van der Waals surface area contributed by atoms with Gasteiger partial charge in [0.1, 0.15) is 0 Å². The molecule has 1 aromatic carbocycles. The van der Waals surface area contributed by atoms with Crippen LogP contribution < -0.4 is 5.32 Å². The number of hydrogen-bond acceptors (Lipinski definition) is 2. The number of fused-ring (bicyclic) bond motifs is 1. The van der Waals surface area contributed by atoms with Gasteiger partial charge in [0.25, 0.3) is 0 Å². The maximum absolute atomic E-state index is 13.2. The number of amides is 1. The molecule has 1 aliphatic heterocycles. The van der Waals surface area contributed by atoms with Gasteiger partial charge in [0.05, 0.1) is 0 Å². The highest BCUT2D eigenvalue weighted by atomic mass is 19.1. The zero-order chi connectivity index (χ0) is 9.42. The van der Waals surface area contributed by atoms with Crippen molar-refractivity contribution in [2.45, 2.75) is 12.8 Å². The molecule has 0 aromatic heterocycles. The van der Waals surface area contributed by atoms with Crippen molar-refractivity contribution in [3.05, 3.63) is 23.5 Å². The van der Waals surface area contributed by atoms with Crippen molar-refractivity contribution in [3.8, 4) is 5.75 Å². The van der Waals surface area contributed by atoms with E-state index < -0.39 is 5.82 Å². The Morgan fingerprint density at radius 3 is 2.92 bits per heavy atom. The van der Waals surface area contributed by atoms with Crippen LogP contribution in [0.5, 0.6) is 5.75 Å². The quantitative estimate of drug-likeness (QED) is 0.594. The maximum Gasteiger partial charge on any atom is 0.224 e. The third-order valence-electron chi connectivity index (χ3n) is 2.10. The van der Waals surface area contributed by atoms with Gasteiger partial charge in [0.2, 0.25) is 5.91 Å². The Labute approximate surface area is 74.2 Å². The summed E-state index contributed by atoms with van der Waals surface area (Å²) in [4.78, 5) is 10.9. The highest BCUT2D eigenvalue weighted by molar-refractivity contribution is 5.94. The van der Waals surface area contributed by atoms with E-state index in [0.717, 1.165) is 0 Å². The van der Waals surface area contributed by atoms with E-state index in [1.165, 1.54) is 12.1 Å². The number of aromatic hydroxyl groups is 1. The topological polar surface area (TPSA) is 49.3 Å². The van der Waals surface area contributed by atoms with E-state index in [-0.39, 0.29) is 18.1 Å². The first-order chi connectivity index (χ1) is 6.18. The fourth-order valence-electron chi connectivity index (χ4n) is 1.42. The fraction of sp³-hybridized carbons (Fsp3) is 0.222. The molecule has 2 rings (SSSR count). The largest absolute Gasteiger partial charge is 0.505 e. The van der Waals surface area contributed by atoms with Crippen molar-refractivity contribution in [2.75, 3.05) is 5.32 Å². The summed E-state index contributed by atoms with van der Waals surface area (Å²) in [5.74, 6) is -1.11. The van der Waals surface area contributed by atoms with Gasteiger partial charge in [0.15, 0.2) is 11.6 Å². The number of phenols is 1. The zero-order valence-corrected chi connectivity index (χ0v) is 6.80. The van der Waals surface area contributed by atoms with Crippen molar-refractivity contribution in [2.24, 2.45) is 0 Å². The third kappa shape index (κ3) is 1.24. The van der Waals surface area contributed by atoms with E-state index in [4.69, 9.17) is 5.11 Å². The second-order valence-electron chi connectivity index (χ2n) is 2.97. The lowest BCUT2D eigenvalue weighted by atomic mass is 10.0. The van der Waals surface area contributed by atoms with Gasteiger partial charge >= 0.3 is 0 Å². The van der Waals surface area contributed by atoms with Crippen LogP contribution in [0.1, 0.15) is 12.0 Å². The molecule has 0 aliphatic carbocycles. The number of hydrogen-bond donors (Lipinski definition) is 2. The summed E-state index contributed by atoms with van der Waals surface area (Å²) in [5.41, 5.74) is 0.853. The van der Waals surface area contributed by atoms with Crippen LogP contribution in [0.4, 0.5) is 10.1 Å². The van der Waals surface area contributed by atoms with E-state index >= 15 is 0 Å². The molecule has 0 atom stereocenters. The minimum Gasteiger partial charge on any atom is -0.505 e. The van der Waals surface area contributed by atoms with E-state index in [9.17, 15) is 9.18 Å². The Balaban J connectivity index is 2.53. The number of anilines is 1. The van der Waals surface area contributed by atoms with Crippen LogP contribution in [-0.2, 0) is 11.2 Å². The lowest BCUT2D eigenvalue weighted by Crippen LogP contribution is -2.19. The van der Waals surface area contributed by atoms with Gasteiger partial charge in [-0.1, -0.05) is 0 Å². The molecule has 4 heteroatoms. The molecule has 1 aliphatic rings. The van der Waals surface area contributed by atoms with Crippen LogP contribution >= 0.6 is 0 Å². The Hall–Kier alpha value is -1.58. The predicted octanol–water partition coefficient (Wildman–Crippen LogP) is 1.42. The van der Waals surface area contributed by atoms with Gasteiger partial charge in [-0.25, -0.2) is 4.39 Å². The highest BCUT2D eigenvalue weighted by Crippen LogP contribution is 2.29. The first-order valence-corrected chi connectivity index (χ1v) is 3.98. The molecule has 0 spiro atoms. The average Bonchev–Trinajstić information content (AvgIpc) is 2.12. The molecule has 0 saturated carbocycles. The Morgan fingerprint density at radius 2 is 2.15 bits per heavy atom. The molecule has 13 heavy (non-hydrogen) atoms. The summed E-state index contributed by atoms with van der Waals surface area (Å²) in [6, 6.07) is 2.74. The maximum atomic E-state index is 13.2. The summed E-state index contributed by atoms with van der Waals surface area (Å²) in [7, 11) is 0. The number of carbonyl (C=O) groups is 1. The number of rotatable bonds is 0. The molecule has 0 fully saturated rings. The molecular formula is C9H8FNO2. The minimum atomic E-state index is -0.627. The van der Waals surface area contributed by atoms with E-state index in [1.54, 1.807) is 0 Å². The first kappa shape index (κ1) is 8.04. The SMILES string of the molecule is O=C1CCc2c(ccc(O)c2F)N1. The van der Waals surface area contributed by atoms with Crippen LogP contribution in [0.3, 0.4) is 0 Å². The molecule has 3 nitrogen and oxygen atoms in total. The molecular weight excluding hydrogens is 173 g/mol. The number of carbonyl (C=O) groups excluding carboxylic acids is 1. The van der Waals surface area contributed by atoms with E-state index in [0.29, 0.717) is 17.7 Å². The van der Waals surface area contributed by atoms with Gasteiger partial charge in [-0.05, 0) is 18.6 Å². The lowest BCUT2D eigenvalue weighted by Gasteiger charge is -2.17. The Kier molecular flexibility index (Phi) is 1.69. The molecule has 0 bridgehead atoms. The zero-order valence-electron chi connectivity index (χ0n) is 6.80. The minimum absolute atomic E-state index is 0.113. The number of halogens is 1. The number of nitrogens with one attached hydrogen (secondary N) is 1. The van der Waals surface area contributed by atoms with Crippen molar-refractivity contribution >= 4 is 11.6 Å². The van der Waals surface area contributed by atoms with Gasteiger partial charge < -0.3 is 10.4 Å². The lowest BCUT2D eigenvalue weighted by molar-refractivity contribution is -0.116. The number of phenolic OH excluding ortho intramolecular Hbond substituents is 1. The molecule has 1 heterocycles. The smallest absolute Gasteiger partial charge is 0.224 e. The molecule has 0 radical (unpaired) electrons. The second-order valence-corrected chi connectivity index (χ2v) is 2.97. The van der Waals surface area contributed by atoms with Crippen LogP contribution in [-0.4, -0.2) is 11.0 Å². The van der Waals surface area contributed by atoms with Gasteiger partial charge in [-0.15, -0.1) is 0 Å². The summed E-state index contributed by atoms with van der Waals surface area (Å²) in [5, 5.41) is 11.6. The van der Waals surface area contributed by atoms with Gasteiger partial charge in [-0.3, -0.25) is 4.79 Å². The van der Waals surface area contributed by atoms with E-state index in [1.807, 2.05) is 0 Å². The van der Waals surface area contributed by atoms with Crippen molar-refractivity contribution in [1.29, 1.82) is 0 Å².